The second-order valence-corrected chi connectivity index (χ2v) is 4.66. The van der Waals surface area contributed by atoms with E-state index in [-0.39, 0.29) is 17.0 Å². The molecule has 0 bridgehead atoms. The van der Waals surface area contributed by atoms with E-state index in [1.54, 1.807) is 42.6 Å². The summed E-state index contributed by atoms with van der Waals surface area (Å²) in [5.41, 5.74) is 1.92. The van der Waals surface area contributed by atoms with Crippen molar-refractivity contribution in [2.24, 2.45) is 0 Å². The fourth-order valence-electron chi connectivity index (χ4n) is 2.18. The summed E-state index contributed by atoms with van der Waals surface area (Å²) in [6.07, 6.45) is 1.70. The van der Waals surface area contributed by atoms with Gasteiger partial charge in [-0.25, -0.2) is 4.79 Å². The van der Waals surface area contributed by atoms with Gasteiger partial charge in [-0.2, -0.15) is 5.10 Å². The molecule has 0 spiro atoms. The van der Waals surface area contributed by atoms with Crippen molar-refractivity contribution in [2.45, 2.75) is 0 Å². The van der Waals surface area contributed by atoms with E-state index in [1.807, 2.05) is 6.07 Å². The summed E-state index contributed by atoms with van der Waals surface area (Å²) in [6.45, 7) is 0. The topological polar surface area (TPSA) is 84.1 Å². The first-order chi connectivity index (χ1) is 10.7. The summed E-state index contributed by atoms with van der Waals surface area (Å²) in [7, 11) is 1.28. The molecule has 22 heavy (non-hydrogen) atoms. The van der Waals surface area contributed by atoms with Gasteiger partial charge in [0, 0.05) is 11.1 Å². The molecule has 1 heterocycles. The van der Waals surface area contributed by atoms with Gasteiger partial charge in [0.05, 0.1) is 30.0 Å². The number of amides is 1. The van der Waals surface area contributed by atoms with Gasteiger partial charge >= 0.3 is 5.97 Å². The van der Waals surface area contributed by atoms with Gasteiger partial charge in [-0.1, -0.05) is 12.1 Å². The number of nitrogens with zero attached hydrogens (tertiary/aromatic N) is 1. The largest absolute Gasteiger partial charge is 0.465 e. The van der Waals surface area contributed by atoms with Gasteiger partial charge in [0.15, 0.2) is 0 Å². The Kier molecular flexibility index (Phi) is 3.57. The monoisotopic (exact) mass is 295 g/mol. The summed E-state index contributed by atoms with van der Waals surface area (Å²) >= 11 is 0. The van der Waals surface area contributed by atoms with Crippen LogP contribution in [-0.4, -0.2) is 29.2 Å². The summed E-state index contributed by atoms with van der Waals surface area (Å²) in [5, 5.41) is 10.5. The maximum Gasteiger partial charge on any atom is 0.338 e. The van der Waals surface area contributed by atoms with Gasteiger partial charge in [-0.05, 0) is 30.3 Å². The molecular weight excluding hydrogens is 282 g/mol. The molecule has 1 amide bonds. The Morgan fingerprint density at radius 1 is 1.14 bits per heavy atom. The highest BCUT2D eigenvalue weighted by Crippen LogP contribution is 2.18. The molecule has 6 heteroatoms. The van der Waals surface area contributed by atoms with E-state index in [0.29, 0.717) is 5.69 Å². The second-order valence-electron chi connectivity index (χ2n) is 4.66. The number of carbonyl (C=O) groups is 2. The Morgan fingerprint density at radius 3 is 2.68 bits per heavy atom. The molecule has 3 rings (SSSR count). The zero-order valence-electron chi connectivity index (χ0n) is 11.8. The predicted molar refractivity (Wildman–Crippen MR) is 81.8 cm³/mol. The number of carbonyl (C=O) groups excluding carboxylic acids is 2. The molecule has 2 aromatic carbocycles. The molecule has 110 valence electrons. The molecule has 0 aliphatic rings. The number of esters is 1. The SMILES string of the molecule is COC(=O)c1ccccc1C(=O)Nc1ccc2cn[nH]c2c1. The second kappa shape index (κ2) is 5.69. The fraction of sp³-hybridized carbons (Fsp3) is 0.0625. The molecule has 6 nitrogen and oxygen atoms in total. The quantitative estimate of drug-likeness (QED) is 0.727. The first-order valence-corrected chi connectivity index (χ1v) is 6.61. The lowest BCUT2D eigenvalue weighted by Crippen LogP contribution is -2.17. The van der Waals surface area contributed by atoms with Crippen molar-refractivity contribution < 1.29 is 14.3 Å². The Bertz CT molecular complexity index is 854. The lowest BCUT2D eigenvalue weighted by Gasteiger charge is -2.09. The molecular formula is C16H13N3O3. The molecule has 0 aliphatic heterocycles. The van der Waals surface area contributed by atoms with Crippen LogP contribution in [0.2, 0.25) is 0 Å². The van der Waals surface area contributed by atoms with Crippen molar-refractivity contribution in [3.63, 3.8) is 0 Å². The van der Waals surface area contributed by atoms with Gasteiger partial charge in [-0.3, -0.25) is 9.89 Å². The van der Waals surface area contributed by atoms with Gasteiger partial charge < -0.3 is 10.1 Å². The lowest BCUT2D eigenvalue weighted by atomic mass is 10.1. The van der Waals surface area contributed by atoms with E-state index >= 15 is 0 Å². The Morgan fingerprint density at radius 2 is 1.91 bits per heavy atom. The normalized spacial score (nSPS) is 10.4. The van der Waals surface area contributed by atoms with Crippen LogP contribution in [0.3, 0.4) is 0 Å². The minimum atomic E-state index is -0.547. The maximum absolute atomic E-state index is 12.4. The third kappa shape index (κ3) is 2.54. The maximum atomic E-state index is 12.4. The zero-order chi connectivity index (χ0) is 15.5. The third-order valence-electron chi connectivity index (χ3n) is 3.28. The van der Waals surface area contributed by atoms with Crippen molar-refractivity contribution in [3.8, 4) is 0 Å². The molecule has 0 saturated carbocycles. The molecule has 0 fully saturated rings. The zero-order valence-corrected chi connectivity index (χ0v) is 11.8. The number of aromatic nitrogens is 2. The first-order valence-electron chi connectivity index (χ1n) is 6.61. The Labute approximate surface area is 126 Å². The average Bonchev–Trinajstić information content (AvgIpc) is 3.01. The number of benzene rings is 2. The van der Waals surface area contributed by atoms with Crippen molar-refractivity contribution in [1.82, 2.24) is 10.2 Å². The van der Waals surface area contributed by atoms with Crippen molar-refractivity contribution in [2.75, 3.05) is 12.4 Å². The predicted octanol–water partition coefficient (Wildman–Crippen LogP) is 2.60. The minimum absolute atomic E-state index is 0.227. The third-order valence-corrected chi connectivity index (χ3v) is 3.28. The standard InChI is InChI=1S/C16H13N3O3/c1-22-16(21)13-5-3-2-4-12(13)15(20)18-11-7-6-10-9-17-19-14(10)8-11/h2-9H,1H3,(H,17,19)(H,18,20). The van der Waals surface area contributed by atoms with Crippen molar-refractivity contribution in [3.05, 3.63) is 59.8 Å². The van der Waals surface area contributed by atoms with Crippen LogP contribution < -0.4 is 5.32 Å². The van der Waals surface area contributed by atoms with E-state index in [0.717, 1.165) is 10.9 Å². The molecule has 0 saturated heterocycles. The fourth-order valence-corrected chi connectivity index (χ4v) is 2.18. The molecule has 0 radical (unpaired) electrons. The number of rotatable bonds is 3. The van der Waals surface area contributed by atoms with Crippen LogP contribution in [-0.2, 0) is 4.74 Å². The summed E-state index contributed by atoms with van der Waals surface area (Å²) in [5.74, 6) is -0.922. The number of hydrogen-bond donors (Lipinski definition) is 2. The van der Waals surface area contributed by atoms with Crippen LogP contribution in [0.25, 0.3) is 10.9 Å². The van der Waals surface area contributed by atoms with Crippen molar-refractivity contribution >= 4 is 28.5 Å². The Hall–Kier alpha value is -3.15. The molecule has 3 aromatic rings. The van der Waals surface area contributed by atoms with Crippen LogP contribution in [0, 0.1) is 0 Å². The first kappa shape index (κ1) is 13.8. The summed E-state index contributed by atoms with van der Waals surface area (Å²) in [6, 6.07) is 11.9. The summed E-state index contributed by atoms with van der Waals surface area (Å²) in [4.78, 5) is 24.1. The number of hydrogen-bond acceptors (Lipinski definition) is 4. The molecule has 0 atom stereocenters. The number of nitrogens with one attached hydrogen (secondary N) is 2. The summed E-state index contributed by atoms with van der Waals surface area (Å²) < 4.78 is 4.69. The van der Waals surface area contributed by atoms with Gasteiger partial charge in [0.2, 0.25) is 0 Å². The number of anilines is 1. The van der Waals surface area contributed by atoms with E-state index < -0.39 is 5.97 Å². The van der Waals surface area contributed by atoms with E-state index in [4.69, 9.17) is 4.74 Å². The Balaban J connectivity index is 1.89. The van der Waals surface area contributed by atoms with Crippen LogP contribution >= 0.6 is 0 Å². The molecule has 0 aliphatic carbocycles. The van der Waals surface area contributed by atoms with E-state index in [2.05, 4.69) is 15.5 Å². The highest BCUT2D eigenvalue weighted by Gasteiger charge is 2.17. The van der Waals surface area contributed by atoms with Crippen molar-refractivity contribution in [1.29, 1.82) is 0 Å². The van der Waals surface area contributed by atoms with Gasteiger partial charge in [0.25, 0.3) is 5.91 Å². The number of H-pyrrole nitrogens is 1. The highest BCUT2D eigenvalue weighted by molar-refractivity contribution is 6.11. The number of ether oxygens (including phenoxy) is 1. The van der Waals surface area contributed by atoms with Gasteiger partial charge in [-0.15, -0.1) is 0 Å². The minimum Gasteiger partial charge on any atom is -0.465 e. The molecule has 2 N–H and O–H groups in total. The average molecular weight is 295 g/mol. The number of aromatic amines is 1. The number of fused-ring (bicyclic) bond motifs is 1. The van der Waals surface area contributed by atoms with Crippen LogP contribution in [0.5, 0.6) is 0 Å². The smallest absolute Gasteiger partial charge is 0.338 e. The number of methoxy groups -OCH3 is 1. The van der Waals surface area contributed by atoms with E-state index in [1.165, 1.54) is 7.11 Å². The molecule has 1 aromatic heterocycles. The van der Waals surface area contributed by atoms with Crippen LogP contribution in [0.15, 0.2) is 48.7 Å². The van der Waals surface area contributed by atoms with Crippen LogP contribution in [0.1, 0.15) is 20.7 Å². The van der Waals surface area contributed by atoms with Crippen LogP contribution in [0.4, 0.5) is 5.69 Å². The van der Waals surface area contributed by atoms with Gasteiger partial charge in [0.1, 0.15) is 0 Å². The highest BCUT2D eigenvalue weighted by atomic mass is 16.5. The lowest BCUT2D eigenvalue weighted by molar-refractivity contribution is 0.0597. The molecule has 0 unspecified atom stereocenters. The van der Waals surface area contributed by atoms with E-state index in [9.17, 15) is 9.59 Å².